The zero-order valence-electron chi connectivity index (χ0n) is 21.7. The van der Waals surface area contributed by atoms with E-state index in [2.05, 4.69) is 72.1 Å². The van der Waals surface area contributed by atoms with Crippen LogP contribution < -0.4 is 5.32 Å². The Kier molecular flexibility index (Phi) is 6.66. The number of aromatic nitrogens is 4. The van der Waals surface area contributed by atoms with Crippen molar-refractivity contribution in [2.45, 2.75) is 53.5 Å². The van der Waals surface area contributed by atoms with Gasteiger partial charge in [0.15, 0.2) is 0 Å². The number of H-pyrrole nitrogens is 1. The number of nitrogens with one attached hydrogen (secondary N) is 2. The second kappa shape index (κ2) is 9.75. The summed E-state index contributed by atoms with van der Waals surface area (Å²) in [5, 5.41) is 12.8. The Hall–Kier alpha value is -3.10. The molecule has 4 aromatic rings. The predicted molar refractivity (Wildman–Crippen MR) is 146 cm³/mol. The van der Waals surface area contributed by atoms with Gasteiger partial charge >= 0.3 is 0 Å². The Bertz CT molecular complexity index is 1380. The number of thiazole rings is 1. The normalized spacial score (nSPS) is 15.5. The van der Waals surface area contributed by atoms with Crippen molar-refractivity contribution in [1.29, 1.82) is 0 Å². The number of carbonyl (C=O) groups excluding carboxylic acids is 1. The molecule has 1 aliphatic heterocycles. The summed E-state index contributed by atoms with van der Waals surface area (Å²) >= 11 is 1.50. The molecule has 0 unspecified atom stereocenters. The zero-order valence-corrected chi connectivity index (χ0v) is 22.5. The van der Waals surface area contributed by atoms with Crippen molar-refractivity contribution in [2.75, 3.05) is 19.6 Å². The van der Waals surface area contributed by atoms with Gasteiger partial charge in [0, 0.05) is 49.0 Å². The van der Waals surface area contributed by atoms with E-state index >= 15 is 0 Å². The molecule has 7 nitrogen and oxygen atoms in total. The summed E-state index contributed by atoms with van der Waals surface area (Å²) in [4.78, 5) is 26.0. The Morgan fingerprint density at radius 2 is 2.00 bits per heavy atom. The lowest BCUT2D eigenvalue weighted by Crippen LogP contribution is -2.46. The largest absolute Gasteiger partial charge is 0.348 e. The van der Waals surface area contributed by atoms with Gasteiger partial charge in [-0.1, -0.05) is 38.5 Å². The van der Waals surface area contributed by atoms with Gasteiger partial charge in [-0.3, -0.25) is 14.9 Å². The highest BCUT2D eigenvalue weighted by molar-refractivity contribution is 7.18. The maximum Gasteiger partial charge on any atom is 0.271 e. The first-order valence-corrected chi connectivity index (χ1v) is 13.4. The molecule has 0 atom stereocenters. The van der Waals surface area contributed by atoms with Crippen LogP contribution in [0.2, 0.25) is 0 Å². The maximum atomic E-state index is 13.5. The molecular formula is C28H34N6OS. The van der Waals surface area contributed by atoms with E-state index in [1.165, 1.54) is 16.9 Å². The van der Waals surface area contributed by atoms with Crippen LogP contribution in [-0.2, 0) is 0 Å². The number of amides is 1. The zero-order chi connectivity index (χ0) is 25.4. The summed E-state index contributed by atoms with van der Waals surface area (Å²) in [6, 6.07) is 8.27. The van der Waals surface area contributed by atoms with Gasteiger partial charge in [0.1, 0.15) is 16.4 Å². The molecule has 188 valence electrons. The number of fused-ring (bicyclic) bond motifs is 1. The highest BCUT2D eigenvalue weighted by atomic mass is 32.1. The molecule has 5 rings (SSSR count). The molecule has 2 N–H and O–H groups in total. The summed E-state index contributed by atoms with van der Waals surface area (Å²) in [5.41, 5.74) is 5.69. The molecular weight excluding hydrogens is 468 g/mol. The van der Waals surface area contributed by atoms with Gasteiger partial charge in [0.25, 0.3) is 5.91 Å². The molecule has 4 heterocycles. The highest BCUT2D eigenvalue weighted by Crippen LogP contribution is 2.38. The SMILES string of the molecule is Cc1cc(C)c2n[nH]c(-c3nc(C(=O)NC4CCN(CC(C)(C)C)CC4)c(-c4cccnc4)s3)c2c1. The van der Waals surface area contributed by atoms with Crippen molar-refractivity contribution >= 4 is 28.1 Å². The van der Waals surface area contributed by atoms with Crippen LogP contribution in [0.1, 0.15) is 55.2 Å². The van der Waals surface area contributed by atoms with Crippen LogP contribution >= 0.6 is 11.3 Å². The van der Waals surface area contributed by atoms with E-state index in [0.717, 1.165) is 70.1 Å². The standard InChI is InChI=1S/C28H34N6OS/c1-17-13-18(2)22-21(14-17)23(33-32-22)27-31-24(25(36-27)19-7-6-10-29-15-19)26(35)30-20-8-11-34(12-9-20)16-28(3,4)5/h6-7,10,13-15,20H,8-9,11-12,16H2,1-5H3,(H,30,35)(H,32,33). The number of aromatic amines is 1. The minimum absolute atomic E-state index is 0.123. The van der Waals surface area contributed by atoms with E-state index in [4.69, 9.17) is 4.98 Å². The first kappa shape index (κ1) is 24.6. The smallest absolute Gasteiger partial charge is 0.271 e. The van der Waals surface area contributed by atoms with Crippen LogP contribution in [0.15, 0.2) is 36.7 Å². The molecule has 0 radical (unpaired) electrons. The van der Waals surface area contributed by atoms with Crippen LogP contribution in [0, 0.1) is 19.3 Å². The summed E-state index contributed by atoms with van der Waals surface area (Å²) in [6.07, 6.45) is 5.43. The summed E-state index contributed by atoms with van der Waals surface area (Å²) in [7, 11) is 0. The first-order chi connectivity index (χ1) is 17.2. The van der Waals surface area contributed by atoms with Gasteiger partial charge in [-0.25, -0.2) is 4.98 Å². The molecule has 1 fully saturated rings. The molecule has 1 saturated heterocycles. The van der Waals surface area contributed by atoms with E-state index in [9.17, 15) is 4.79 Å². The lowest BCUT2D eigenvalue weighted by atomic mass is 9.94. The van der Waals surface area contributed by atoms with Crippen molar-refractivity contribution in [2.24, 2.45) is 5.41 Å². The highest BCUT2D eigenvalue weighted by Gasteiger charge is 2.27. The van der Waals surface area contributed by atoms with Crippen molar-refractivity contribution in [1.82, 2.24) is 30.4 Å². The number of aryl methyl sites for hydroxylation is 2. The van der Waals surface area contributed by atoms with Gasteiger partial charge in [-0.2, -0.15) is 5.10 Å². The molecule has 1 aliphatic rings. The van der Waals surface area contributed by atoms with Gasteiger partial charge in [0.05, 0.1) is 10.4 Å². The van der Waals surface area contributed by atoms with E-state index in [0.29, 0.717) is 5.69 Å². The van der Waals surface area contributed by atoms with E-state index in [-0.39, 0.29) is 17.4 Å². The topological polar surface area (TPSA) is 86.8 Å². The Morgan fingerprint density at radius 1 is 1.22 bits per heavy atom. The van der Waals surface area contributed by atoms with Crippen molar-refractivity contribution in [3.8, 4) is 21.1 Å². The Labute approximate surface area is 216 Å². The van der Waals surface area contributed by atoms with Crippen LogP contribution in [0.5, 0.6) is 0 Å². The monoisotopic (exact) mass is 502 g/mol. The minimum atomic E-state index is -0.123. The average Bonchev–Trinajstić information content (AvgIpc) is 3.45. The number of pyridine rings is 1. The third kappa shape index (κ3) is 5.20. The van der Waals surface area contributed by atoms with Gasteiger partial charge < -0.3 is 10.2 Å². The molecule has 0 spiro atoms. The van der Waals surface area contributed by atoms with Crippen LogP contribution in [0.25, 0.3) is 32.0 Å². The lowest BCUT2D eigenvalue weighted by molar-refractivity contribution is 0.0892. The summed E-state index contributed by atoms with van der Waals surface area (Å²) in [5.74, 6) is -0.123. The van der Waals surface area contributed by atoms with E-state index in [1.54, 1.807) is 12.4 Å². The molecule has 8 heteroatoms. The molecule has 0 bridgehead atoms. The molecule has 36 heavy (non-hydrogen) atoms. The van der Waals surface area contributed by atoms with Crippen molar-refractivity contribution in [3.63, 3.8) is 0 Å². The molecule has 3 aromatic heterocycles. The van der Waals surface area contributed by atoms with Gasteiger partial charge in [0.2, 0.25) is 0 Å². The molecule has 0 saturated carbocycles. The van der Waals surface area contributed by atoms with Crippen molar-refractivity contribution < 1.29 is 4.79 Å². The first-order valence-electron chi connectivity index (χ1n) is 12.6. The van der Waals surface area contributed by atoms with Gasteiger partial charge in [-0.15, -0.1) is 11.3 Å². The quantitative estimate of drug-likeness (QED) is 0.371. The van der Waals surface area contributed by atoms with Crippen LogP contribution in [-0.4, -0.2) is 56.6 Å². The number of benzene rings is 1. The average molecular weight is 503 g/mol. The third-order valence-electron chi connectivity index (χ3n) is 6.59. The Balaban J connectivity index is 1.43. The van der Waals surface area contributed by atoms with Crippen molar-refractivity contribution in [3.05, 3.63) is 53.5 Å². The number of nitrogens with zero attached hydrogens (tertiary/aromatic N) is 4. The van der Waals surface area contributed by atoms with Gasteiger partial charge in [-0.05, 0) is 49.8 Å². The van der Waals surface area contributed by atoms with E-state index in [1.807, 2.05) is 12.1 Å². The fourth-order valence-corrected chi connectivity index (χ4v) is 6.13. The molecule has 1 amide bonds. The predicted octanol–water partition coefficient (Wildman–Crippen LogP) is 5.61. The number of hydrogen-bond donors (Lipinski definition) is 2. The second-order valence-corrected chi connectivity index (χ2v) is 12.1. The lowest BCUT2D eigenvalue weighted by Gasteiger charge is -2.36. The molecule has 0 aliphatic carbocycles. The van der Waals surface area contributed by atoms with Crippen LogP contribution in [0.3, 0.4) is 0 Å². The second-order valence-electron chi connectivity index (χ2n) is 11.1. The number of piperidine rings is 1. The fourth-order valence-electron chi connectivity index (χ4n) is 5.07. The van der Waals surface area contributed by atoms with Crippen LogP contribution in [0.4, 0.5) is 0 Å². The molecule has 1 aromatic carbocycles. The third-order valence-corrected chi connectivity index (χ3v) is 7.72. The number of hydrogen-bond acceptors (Lipinski definition) is 6. The Morgan fingerprint density at radius 3 is 2.69 bits per heavy atom. The summed E-state index contributed by atoms with van der Waals surface area (Å²) in [6.45, 7) is 14.0. The number of likely N-dealkylation sites (tertiary alicyclic amines) is 1. The van der Waals surface area contributed by atoms with E-state index < -0.39 is 0 Å². The minimum Gasteiger partial charge on any atom is -0.348 e. The number of carbonyl (C=O) groups is 1. The fraction of sp³-hybridized carbons (Fsp3) is 0.429. The maximum absolute atomic E-state index is 13.5. The summed E-state index contributed by atoms with van der Waals surface area (Å²) < 4.78 is 0. The number of rotatable bonds is 5.